The van der Waals surface area contributed by atoms with Crippen LogP contribution in [0.25, 0.3) is 0 Å². The Morgan fingerprint density at radius 3 is 2.68 bits per heavy atom. The van der Waals surface area contributed by atoms with Crippen LogP contribution in [0.1, 0.15) is 25.8 Å². The predicted molar refractivity (Wildman–Crippen MR) is 87.0 cm³/mol. The maximum Gasteiger partial charge on any atom is 0.303 e. The fourth-order valence-corrected chi connectivity index (χ4v) is 2.85. The molecular formula is C14H17Cl2N4O5+. The Morgan fingerprint density at radius 1 is 1.36 bits per heavy atom. The summed E-state index contributed by atoms with van der Waals surface area (Å²) >= 11 is 11.8. The maximum absolute atomic E-state index is 11.3. The molecule has 3 atom stereocenters. The average molecular weight is 392 g/mol. The second-order valence-corrected chi connectivity index (χ2v) is 6.00. The first-order chi connectivity index (χ1) is 11.8. The number of carbonyl (C=O) groups excluding carboxylic acids is 2. The number of nitrogens with one attached hydrogen (secondary N) is 1. The van der Waals surface area contributed by atoms with Crippen molar-refractivity contribution in [3.05, 3.63) is 16.0 Å². The van der Waals surface area contributed by atoms with Gasteiger partial charge in [-0.25, -0.2) is 4.98 Å². The molecule has 0 radical (unpaired) electrons. The normalized spacial score (nSPS) is 22.5. The van der Waals surface area contributed by atoms with Crippen molar-refractivity contribution < 1.29 is 29.1 Å². The lowest BCUT2D eigenvalue weighted by atomic mass is 10.2. The lowest BCUT2D eigenvalue weighted by Crippen LogP contribution is -2.88. The van der Waals surface area contributed by atoms with E-state index in [9.17, 15) is 9.59 Å². The highest BCUT2D eigenvalue weighted by molar-refractivity contribution is 6.34. The van der Waals surface area contributed by atoms with Crippen LogP contribution in [-0.2, 0) is 23.8 Å². The van der Waals surface area contributed by atoms with Crippen LogP contribution in [0, 0.1) is 5.41 Å². The molecule has 1 aliphatic heterocycles. The van der Waals surface area contributed by atoms with Crippen LogP contribution in [0.15, 0.2) is 0 Å². The molecule has 2 rings (SSSR count). The molecule has 3 N–H and O–H groups in total. The Balaban J connectivity index is 2.18. The molecule has 0 aliphatic carbocycles. The van der Waals surface area contributed by atoms with Crippen molar-refractivity contribution in [1.29, 1.82) is 5.41 Å². The molecule has 1 aliphatic rings. The van der Waals surface area contributed by atoms with Gasteiger partial charge in [-0.15, -0.1) is 0 Å². The summed E-state index contributed by atoms with van der Waals surface area (Å²) in [4.78, 5) is 30.1. The van der Waals surface area contributed by atoms with E-state index < -0.39 is 30.4 Å². The van der Waals surface area contributed by atoms with Gasteiger partial charge in [-0.05, 0) is 11.6 Å². The van der Waals surface area contributed by atoms with Crippen molar-refractivity contribution in [2.75, 3.05) is 6.61 Å². The molecule has 2 heterocycles. The minimum atomic E-state index is -0.662. The van der Waals surface area contributed by atoms with E-state index in [1.165, 1.54) is 13.8 Å². The van der Waals surface area contributed by atoms with Gasteiger partial charge in [0.05, 0.1) is 0 Å². The standard InChI is InChI=1S/C14H16Cl2N4O5/c1-6(21)23-5-8-3-10(24-7(2)22)13(25-8)19-12-9(4-17)11(15)18-14(16)20-12/h4,8,10,13,17H,3,5H2,1-2H3,(H,18,19,20)/p+1/t8-,10+,13+/m0/s1. The SMILES string of the molecule is CC(=O)OC[C@@H]1C[C@@H](OC(C)=O)[C@H]([NH2+]c2nc(Cl)nc(Cl)c2C=N)O1. The highest BCUT2D eigenvalue weighted by atomic mass is 35.5. The van der Waals surface area contributed by atoms with Crippen LogP contribution in [0.4, 0.5) is 5.82 Å². The quantitative estimate of drug-likeness (QED) is 0.314. The van der Waals surface area contributed by atoms with Gasteiger partial charge in [-0.2, -0.15) is 4.98 Å². The maximum atomic E-state index is 11.3. The fourth-order valence-electron chi connectivity index (χ4n) is 2.40. The predicted octanol–water partition coefficient (Wildman–Crippen LogP) is 0.586. The summed E-state index contributed by atoms with van der Waals surface area (Å²) in [6.45, 7) is 2.63. The molecule has 0 spiro atoms. The van der Waals surface area contributed by atoms with Gasteiger partial charge in [-0.1, -0.05) is 11.6 Å². The number of rotatable bonds is 6. The van der Waals surface area contributed by atoms with Crippen LogP contribution in [0.3, 0.4) is 0 Å². The van der Waals surface area contributed by atoms with E-state index in [1.807, 2.05) is 0 Å². The van der Waals surface area contributed by atoms with Crippen LogP contribution >= 0.6 is 23.2 Å². The number of ether oxygens (including phenoxy) is 3. The number of halogens is 2. The monoisotopic (exact) mass is 391 g/mol. The van der Waals surface area contributed by atoms with Crippen molar-refractivity contribution in [3.63, 3.8) is 0 Å². The minimum absolute atomic E-state index is 0.0275. The van der Waals surface area contributed by atoms with E-state index in [1.54, 1.807) is 5.32 Å². The first-order valence-corrected chi connectivity index (χ1v) is 8.10. The van der Waals surface area contributed by atoms with Gasteiger partial charge in [-0.3, -0.25) is 14.9 Å². The number of nitrogens with zero attached hydrogens (tertiary/aromatic N) is 2. The van der Waals surface area contributed by atoms with E-state index in [0.29, 0.717) is 6.42 Å². The van der Waals surface area contributed by atoms with Crippen LogP contribution in [0.5, 0.6) is 0 Å². The van der Waals surface area contributed by atoms with Gasteiger partial charge in [0.15, 0.2) is 6.10 Å². The molecule has 1 saturated heterocycles. The third-order valence-electron chi connectivity index (χ3n) is 3.37. The molecule has 0 aromatic carbocycles. The first kappa shape index (κ1) is 19.5. The Morgan fingerprint density at radius 2 is 2.08 bits per heavy atom. The van der Waals surface area contributed by atoms with Gasteiger partial charge >= 0.3 is 11.9 Å². The highest BCUT2D eigenvalue weighted by Crippen LogP contribution is 2.23. The lowest BCUT2D eigenvalue weighted by Gasteiger charge is -2.16. The van der Waals surface area contributed by atoms with Crippen molar-refractivity contribution in [2.45, 2.75) is 38.7 Å². The van der Waals surface area contributed by atoms with Gasteiger partial charge < -0.3 is 19.6 Å². The van der Waals surface area contributed by atoms with Gasteiger partial charge in [0.25, 0.3) is 0 Å². The third-order valence-corrected chi connectivity index (χ3v) is 3.83. The second kappa shape index (κ2) is 8.52. The Bertz CT molecular complexity index is 687. The Hall–Kier alpha value is -1.81. The Labute approximate surface area is 153 Å². The van der Waals surface area contributed by atoms with Crippen molar-refractivity contribution in [2.24, 2.45) is 0 Å². The molecule has 0 saturated carbocycles. The first-order valence-electron chi connectivity index (χ1n) is 7.34. The molecule has 25 heavy (non-hydrogen) atoms. The van der Waals surface area contributed by atoms with Crippen LogP contribution in [-0.4, -0.2) is 53.2 Å². The summed E-state index contributed by atoms with van der Waals surface area (Å²) in [5.41, 5.74) is 0.264. The summed E-state index contributed by atoms with van der Waals surface area (Å²) in [6.07, 6.45) is -0.350. The van der Waals surface area contributed by atoms with E-state index in [4.69, 9.17) is 42.8 Å². The van der Waals surface area contributed by atoms with Gasteiger partial charge in [0.1, 0.15) is 23.4 Å². The van der Waals surface area contributed by atoms with Crippen molar-refractivity contribution >= 4 is 47.2 Å². The van der Waals surface area contributed by atoms with E-state index in [0.717, 1.165) is 6.21 Å². The summed E-state index contributed by atoms with van der Waals surface area (Å²) < 4.78 is 16.0. The zero-order valence-electron chi connectivity index (χ0n) is 13.5. The zero-order chi connectivity index (χ0) is 18.6. The molecule has 0 bridgehead atoms. The van der Waals surface area contributed by atoms with Crippen molar-refractivity contribution in [1.82, 2.24) is 9.97 Å². The number of hydrogen-bond acceptors (Lipinski definition) is 8. The van der Waals surface area contributed by atoms with Crippen molar-refractivity contribution in [3.8, 4) is 0 Å². The number of esters is 2. The number of quaternary nitrogens is 1. The molecule has 136 valence electrons. The highest BCUT2D eigenvalue weighted by Gasteiger charge is 2.42. The topological polar surface area (TPSA) is 128 Å². The van der Waals surface area contributed by atoms with Gasteiger partial charge in [0.2, 0.25) is 17.3 Å². The molecule has 0 amide bonds. The number of carbonyl (C=O) groups is 2. The largest absolute Gasteiger partial charge is 0.463 e. The molecule has 1 aromatic heterocycles. The smallest absolute Gasteiger partial charge is 0.303 e. The summed E-state index contributed by atoms with van der Waals surface area (Å²) in [5.74, 6) is -0.609. The number of nitrogens with two attached hydrogens (primary N) is 1. The lowest BCUT2D eigenvalue weighted by molar-refractivity contribution is -0.663. The number of hydrogen-bond donors (Lipinski definition) is 2. The molecule has 1 fully saturated rings. The van der Waals surface area contributed by atoms with E-state index in [-0.39, 0.29) is 28.4 Å². The molecule has 9 nitrogen and oxygen atoms in total. The van der Waals surface area contributed by atoms with Crippen LogP contribution in [0.2, 0.25) is 10.4 Å². The third kappa shape index (κ3) is 5.33. The minimum Gasteiger partial charge on any atom is -0.463 e. The summed E-state index contributed by atoms with van der Waals surface area (Å²) in [6, 6.07) is 0. The zero-order valence-corrected chi connectivity index (χ0v) is 15.0. The second-order valence-electron chi connectivity index (χ2n) is 5.30. The fraction of sp³-hybridized carbons (Fsp3) is 0.500. The molecular weight excluding hydrogens is 375 g/mol. The van der Waals surface area contributed by atoms with Crippen LogP contribution < -0.4 is 5.32 Å². The number of aromatic nitrogens is 2. The molecule has 1 aromatic rings. The molecule has 11 heteroatoms. The Kier molecular flexibility index (Phi) is 6.65. The van der Waals surface area contributed by atoms with E-state index >= 15 is 0 Å². The summed E-state index contributed by atoms with van der Waals surface area (Å²) in [5, 5.41) is 8.95. The summed E-state index contributed by atoms with van der Waals surface area (Å²) in [7, 11) is 0. The molecule has 0 unspecified atom stereocenters. The van der Waals surface area contributed by atoms with Gasteiger partial charge in [0, 0.05) is 26.5 Å². The van der Waals surface area contributed by atoms with E-state index in [2.05, 4.69) is 9.97 Å². The average Bonchev–Trinajstić information content (AvgIpc) is 2.86.